The van der Waals surface area contributed by atoms with Crippen molar-refractivity contribution in [3.8, 4) is 28.4 Å². The Balaban J connectivity index is 1.77. The summed E-state index contributed by atoms with van der Waals surface area (Å²) in [6, 6.07) is 7.73. The Morgan fingerprint density at radius 3 is 2.59 bits per heavy atom. The lowest BCUT2D eigenvalue weighted by Crippen LogP contribution is -2.24. The van der Waals surface area contributed by atoms with E-state index < -0.39 is 23.4 Å². The van der Waals surface area contributed by atoms with Gasteiger partial charge in [0.1, 0.15) is 36.7 Å². The number of aromatic nitrogens is 2. The summed E-state index contributed by atoms with van der Waals surface area (Å²) < 4.78 is 45.5. The van der Waals surface area contributed by atoms with E-state index in [1.165, 1.54) is 20.2 Å². The van der Waals surface area contributed by atoms with Gasteiger partial charge in [0.2, 0.25) is 0 Å². The lowest BCUT2D eigenvalue weighted by atomic mass is 9.86. The molecule has 2 aromatic carbocycles. The zero-order valence-corrected chi connectivity index (χ0v) is 17.6. The summed E-state index contributed by atoms with van der Waals surface area (Å²) in [6.07, 6.45) is 4.79. The number of alkyl halides is 1. The molecule has 4 rings (SSSR count). The molecule has 1 aromatic heterocycles. The molecule has 32 heavy (non-hydrogen) atoms. The van der Waals surface area contributed by atoms with Crippen LogP contribution in [0.3, 0.4) is 0 Å². The highest BCUT2D eigenvalue weighted by Gasteiger charge is 2.32. The average molecular weight is 440 g/mol. The standard InChI is InChI=1S/C23H22F2N4O3/c1-23(2,25)11-31-15-6-17-18(10-30-22(26)27)16-5-13(14-8-28-12-29-9-14)3-4-20(16)32-21(17)19(24)7-15/h3-9,12,18H,10-11H2,1-2H3,(H3,26,27)/t18-/m1/s1. The van der Waals surface area contributed by atoms with E-state index in [4.69, 9.17) is 25.4 Å². The van der Waals surface area contributed by atoms with E-state index in [1.54, 1.807) is 24.5 Å². The molecule has 2 heterocycles. The molecular weight excluding hydrogens is 418 g/mol. The minimum atomic E-state index is -1.58. The number of nitrogens with zero attached hydrogens (tertiary/aromatic N) is 2. The molecule has 1 aliphatic heterocycles. The molecule has 3 N–H and O–H groups in total. The van der Waals surface area contributed by atoms with Crippen molar-refractivity contribution in [3.63, 3.8) is 0 Å². The summed E-state index contributed by atoms with van der Waals surface area (Å²) in [7, 11) is 0. The maximum Gasteiger partial charge on any atom is 0.279 e. The lowest BCUT2D eigenvalue weighted by molar-refractivity contribution is 0.120. The number of hydrogen-bond donors (Lipinski definition) is 2. The second-order valence-electron chi connectivity index (χ2n) is 8.04. The first-order valence-electron chi connectivity index (χ1n) is 9.90. The summed E-state index contributed by atoms with van der Waals surface area (Å²) in [5.74, 6) is -0.517. The Bertz CT molecular complexity index is 1150. The summed E-state index contributed by atoms with van der Waals surface area (Å²) in [4.78, 5) is 8.09. The van der Waals surface area contributed by atoms with Gasteiger partial charge >= 0.3 is 0 Å². The molecule has 9 heteroatoms. The number of nitrogens with one attached hydrogen (secondary N) is 1. The third-order valence-electron chi connectivity index (χ3n) is 4.90. The van der Waals surface area contributed by atoms with Crippen molar-refractivity contribution in [2.75, 3.05) is 13.2 Å². The van der Waals surface area contributed by atoms with Crippen molar-refractivity contribution in [2.45, 2.75) is 25.4 Å². The second-order valence-corrected chi connectivity index (χ2v) is 8.04. The summed E-state index contributed by atoms with van der Waals surface area (Å²) >= 11 is 0. The first kappa shape index (κ1) is 21.5. The van der Waals surface area contributed by atoms with Crippen LogP contribution in [-0.4, -0.2) is 34.9 Å². The van der Waals surface area contributed by atoms with Gasteiger partial charge in [0.25, 0.3) is 6.02 Å². The molecule has 0 bridgehead atoms. The average Bonchev–Trinajstić information content (AvgIpc) is 2.75. The summed E-state index contributed by atoms with van der Waals surface area (Å²) in [5, 5.41) is 7.44. The predicted octanol–water partition coefficient (Wildman–Crippen LogP) is 4.56. The number of hydrogen-bond acceptors (Lipinski definition) is 6. The van der Waals surface area contributed by atoms with Crippen molar-refractivity contribution in [1.29, 1.82) is 5.41 Å². The molecule has 0 unspecified atom stereocenters. The van der Waals surface area contributed by atoms with Gasteiger partial charge in [-0.1, -0.05) is 6.07 Å². The molecule has 0 radical (unpaired) electrons. The van der Waals surface area contributed by atoms with Crippen molar-refractivity contribution in [3.05, 3.63) is 66.0 Å². The minimum absolute atomic E-state index is 0.0229. The van der Waals surface area contributed by atoms with E-state index in [-0.39, 0.29) is 24.7 Å². The molecular formula is C23H22F2N4O3. The smallest absolute Gasteiger partial charge is 0.279 e. The molecule has 0 saturated heterocycles. The van der Waals surface area contributed by atoms with E-state index >= 15 is 0 Å². The van der Waals surface area contributed by atoms with Crippen LogP contribution in [0.4, 0.5) is 8.78 Å². The normalized spacial score (nSPS) is 14.7. The van der Waals surface area contributed by atoms with Crippen molar-refractivity contribution < 1.29 is 23.0 Å². The number of rotatable bonds is 6. The predicted molar refractivity (Wildman–Crippen MR) is 114 cm³/mol. The molecule has 7 nitrogen and oxygen atoms in total. The number of halogens is 2. The molecule has 0 spiro atoms. The fourth-order valence-electron chi connectivity index (χ4n) is 3.47. The van der Waals surface area contributed by atoms with Gasteiger partial charge in [-0.15, -0.1) is 0 Å². The number of amidine groups is 1. The Kier molecular flexibility index (Phi) is 5.65. The van der Waals surface area contributed by atoms with Crippen molar-refractivity contribution in [2.24, 2.45) is 5.73 Å². The molecule has 3 aromatic rings. The first-order chi connectivity index (χ1) is 15.2. The Labute approximate surface area is 183 Å². The molecule has 1 atom stereocenters. The summed E-state index contributed by atoms with van der Waals surface area (Å²) in [6.45, 7) is 2.49. The van der Waals surface area contributed by atoms with Gasteiger partial charge in [-0.3, -0.25) is 5.41 Å². The van der Waals surface area contributed by atoms with E-state index in [1.807, 2.05) is 12.1 Å². The highest BCUT2D eigenvalue weighted by Crippen LogP contribution is 2.48. The van der Waals surface area contributed by atoms with Gasteiger partial charge in [-0.25, -0.2) is 18.7 Å². The zero-order valence-electron chi connectivity index (χ0n) is 17.6. The van der Waals surface area contributed by atoms with Gasteiger partial charge < -0.3 is 19.9 Å². The summed E-state index contributed by atoms with van der Waals surface area (Å²) in [5.41, 5.74) is 6.60. The highest BCUT2D eigenvalue weighted by atomic mass is 19.1. The van der Waals surface area contributed by atoms with Gasteiger partial charge in [-0.05, 0) is 37.6 Å². The van der Waals surface area contributed by atoms with Crippen LogP contribution in [-0.2, 0) is 4.74 Å². The Morgan fingerprint density at radius 2 is 1.91 bits per heavy atom. The maximum absolute atomic E-state index is 14.9. The molecule has 166 valence electrons. The van der Waals surface area contributed by atoms with Crippen LogP contribution < -0.4 is 15.2 Å². The molecule has 0 saturated carbocycles. The SMILES string of the molecule is CC(C)(F)COc1cc(F)c2c(c1)[C@H](COC(=N)N)c1cc(-c3cncnc3)ccc1O2. The van der Waals surface area contributed by atoms with E-state index in [9.17, 15) is 8.78 Å². The van der Waals surface area contributed by atoms with E-state index in [0.29, 0.717) is 16.9 Å². The fourth-order valence-corrected chi connectivity index (χ4v) is 3.47. The molecule has 1 aliphatic rings. The number of ether oxygens (including phenoxy) is 3. The topological polar surface area (TPSA) is 103 Å². The van der Waals surface area contributed by atoms with Crippen LogP contribution in [0.25, 0.3) is 11.1 Å². The van der Waals surface area contributed by atoms with E-state index in [0.717, 1.165) is 17.2 Å². The number of benzene rings is 2. The van der Waals surface area contributed by atoms with Crippen LogP contribution in [0.2, 0.25) is 0 Å². The first-order valence-corrected chi connectivity index (χ1v) is 9.90. The van der Waals surface area contributed by atoms with Crippen LogP contribution >= 0.6 is 0 Å². The second kappa shape index (κ2) is 8.41. The molecule has 0 amide bonds. The zero-order chi connectivity index (χ0) is 22.9. The van der Waals surface area contributed by atoms with Crippen molar-refractivity contribution in [1.82, 2.24) is 9.97 Å². The van der Waals surface area contributed by atoms with Gasteiger partial charge in [0, 0.05) is 35.2 Å². The van der Waals surface area contributed by atoms with Crippen molar-refractivity contribution >= 4 is 6.02 Å². The number of nitrogens with two attached hydrogens (primary N) is 1. The quantitative estimate of drug-likeness (QED) is 0.430. The molecule has 0 fully saturated rings. The Morgan fingerprint density at radius 1 is 1.16 bits per heavy atom. The van der Waals surface area contributed by atoms with Crippen LogP contribution in [0.1, 0.15) is 30.9 Å². The lowest BCUT2D eigenvalue weighted by Gasteiger charge is -2.29. The molecule has 0 aliphatic carbocycles. The largest absolute Gasteiger partial charge is 0.490 e. The number of fused-ring (bicyclic) bond motifs is 2. The van der Waals surface area contributed by atoms with Gasteiger partial charge in [0.05, 0.1) is 5.92 Å². The van der Waals surface area contributed by atoms with Gasteiger partial charge in [-0.2, -0.15) is 0 Å². The monoisotopic (exact) mass is 440 g/mol. The van der Waals surface area contributed by atoms with E-state index in [2.05, 4.69) is 9.97 Å². The maximum atomic E-state index is 14.9. The Hall–Kier alpha value is -3.75. The fraction of sp³-hybridized carbons (Fsp3) is 0.261. The third-order valence-corrected chi connectivity index (χ3v) is 4.90. The van der Waals surface area contributed by atoms with Crippen LogP contribution in [0.15, 0.2) is 49.1 Å². The minimum Gasteiger partial charge on any atom is -0.490 e. The van der Waals surface area contributed by atoms with Crippen LogP contribution in [0, 0.1) is 11.2 Å². The van der Waals surface area contributed by atoms with Gasteiger partial charge in [0.15, 0.2) is 11.6 Å². The highest BCUT2D eigenvalue weighted by molar-refractivity contribution is 5.69. The van der Waals surface area contributed by atoms with Crippen LogP contribution in [0.5, 0.6) is 17.2 Å². The third kappa shape index (κ3) is 4.61.